The lowest BCUT2D eigenvalue weighted by molar-refractivity contribution is -0.148. The quantitative estimate of drug-likeness (QED) is 0.247. The first-order valence-corrected chi connectivity index (χ1v) is 12.3. The average molecular weight is 438 g/mol. The second kappa shape index (κ2) is 11.9. The number of likely N-dealkylation sites (tertiary alicyclic amines) is 1. The highest BCUT2D eigenvalue weighted by Gasteiger charge is 2.43. The molecule has 1 saturated heterocycles. The van der Waals surface area contributed by atoms with Crippen molar-refractivity contribution in [3.8, 4) is 0 Å². The highest BCUT2D eigenvalue weighted by Crippen LogP contribution is 2.50. The molecule has 2 amide bonds. The molecule has 1 aromatic rings. The second-order valence-electron chi connectivity index (χ2n) is 7.68. The van der Waals surface area contributed by atoms with Crippen LogP contribution in [0.5, 0.6) is 0 Å². The van der Waals surface area contributed by atoms with Gasteiger partial charge in [-0.25, -0.2) is 4.79 Å². The van der Waals surface area contributed by atoms with Gasteiger partial charge in [0.2, 0.25) is 19.7 Å². The maximum atomic E-state index is 13.1. The molecule has 1 aliphatic heterocycles. The predicted molar refractivity (Wildman–Crippen MR) is 114 cm³/mol. The number of carboxylic acids is 1. The Balaban J connectivity index is 2.01. The summed E-state index contributed by atoms with van der Waals surface area (Å²) in [5.74, 6) is -1.64. The zero-order chi connectivity index (χ0) is 22.0. The number of aryl methyl sites for hydroxylation is 1. The number of benzene rings is 1. The summed E-state index contributed by atoms with van der Waals surface area (Å²) in [6.07, 6.45) is 4.00. The largest absolute Gasteiger partial charge is 0.480 e. The molecule has 0 aliphatic carbocycles. The number of nitrogens with zero attached hydrogens (tertiary/aromatic N) is 1. The fourth-order valence-corrected chi connectivity index (χ4v) is 5.97. The van der Waals surface area contributed by atoms with Gasteiger partial charge >= 0.3 is 5.97 Å². The molecule has 3 atom stereocenters. The summed E-state index contributed by atoms with van der Waals surface area (Å²) >= 11 is 0. The highest BCUT2D eigenvalue weighted by atomic mass is 31.2. The third kappa shape index (κ3) is 6.96. The van der Waals surface area contributed by atoms with E-state index in [0.29, 0.717) is 38.6 Å². The van der Waals surface area contributed by atoms with Crippen LogP contribution in [0.4, 0.5) is 0 Å². The van der Waals surface area contributed by atoms with Gasteiger partial charge in [-0.05, 0) is 50.5 Å². The molecule has 1 aliphatic rings. The summed E-state index contributed by atoms with van der Waals surface area (Å²) in [6, 6.07) is 8.90. The van der Waals surface area contributed by atoms with E-state index in [1.165, 1.54) is 4.90 Å². The summed E-state index contributed by atoms with van der Waals surface area (Å²) in [7, 11) is -3.84. The molecular formula is C21H31N2O6P. The first-order valence-electron chi connectivity index (χ1n) is 10.4. The third-order valence-electron chi connectivity index (χ3n) is 5.51. The minimum absolute atomic E-state index is 0.0168. The molecule has 0 saturated carbocycles. The Morgan fingerprint density at radius 2 is 1.97 bits per heavy atom. The van der Waals surface area contributed by atoms with Gasteiger partial charge < -0.3 is 20.2 Å². The Labute approximate surface area is 177 Å². The van der Waals surface area contributed by atoms with Gasteiger partial charge in [0, 0.05) is 19.3 Å². The Hall–Kier alpha value is -2.18. The number of unbranched alkanes of at least 4 members (excludes halogenated alkanes) is 1. The number of hydrogen-bond acceptors (Lipinski definition) is 4. The van der Waals surface area contributed by atoms with E-state index in [0.717, 1.165) is 18.4 Å². The van der Waals surface area contributed by atoms with Gasteiger partial charge in [-0.1, -0.05) is 30.3 Å². The number of nitrogens with one attached hydrogen (secondary N) is 1. The molecule has 0 spiro atoms. The predicted octanol–water partition coefficient (Wildman–Crippen LogP) is 2.25. The standard InChI is InChI=1S/C21H31N2O6P/c24-16-22-13-6-12-19(20(25)23-14-7-11-18(23)21(26)27)30(28,29)15-5-4-10-17-8-2-1-3-9-17/h1-3,8-9,16,18-19H,4-7,10-15H2,(H,22,24)(H,26,27)(H,28,29)/t18-,19?/m0/s1. The van der Waals surface area contributed by atoms with Crippen LogP contribution in [0.2, 0.25) is 0 Å². The summed E-state index contributed by atoms with van der Waals surface area (Å²) in [5.41, 5.74) is 0.0156. The van der Waals surface area contributed by atoms with Crippen molar-refractivity contribution in [2.75, 3.05) is 19.3 Å². The van der Waals surface area contributed by atoms with Gasteiger partial charge in [0.15, 0.2) is 0 Å². The number of carboxylic acid groups (broad SMARTS) is 1. The summed E-state index contributed by atoms with van der Waals surface area (Å²) in [6.45, 7) is 0.580. The highest BCUT2D eigenvalue weighted by molar-refractivity contribution is 7.59. The second-order valence-corrected chi connectivity index (χ2v) is 10.3. The van der Waals surface area contributed by atoms with E-state index < -0.39 is 30.9 Å². The molecule has 0 bridgehead atoms. The summed E-state index contributed by atoms with van der Waals surface area (Å²) in [5, 5.41) is 11.9. The zero-order valence-corrected chi connectivity index (χ0v) is 18.0. The zero-order valence-electron chi connectivity index (χ0n) is 17.1. The fraction of sp³-hybridized carbons (Fsp3) is 0.571. The van der Waals surface area contributed by atoms with E-state index in [1.807, 2.05) is 30.3 Å². The van der Waals surface area contributed by atoms with Crippen LogP contribution >= 0.6 is 7.37 Å². The molecule has 2 unspecified atom stereocenters. The summed E-state index contributed by atoms with van der Waals surface area (Å²) < 4.78 is 13.1. The number of hydrogen-bond donors (Lipinski definition) is 3. The van der Waals surface area contributed by atoms with E-state index in [2.05, 4.69) is 5.32 Å². The first kappa shape index (κ1) is 24.1. The average Bonchev–Trinajstić information content (AvgIpc) is 3.22. The van der Waals surface area contributed by atoms with E-state index >= 15 is 0 Å². The molecular weight excluding hydrogens is 407 g/mol. The lowest BCUT2D eigenvalue weighted by Crippen LogP contribution is -2.45. The van der Waals surface area contributed by atoms with E-state index in [1.54, 1.807) is 0 Å². The van der Waals surface area contributed by atoms with Gasteiger partial charge in [-0.2, -0.15) is 0 Å². The third-order valence-corrected chi connectivity index (χ3v) is 7.92. The van der Waals surface area contributed by atoms with Crippen LogP contribution in [0.15, 0.2) is 30.3 Å². The molecule has 1 aromatic carbocycles. The van der Waals surface area contributed by atoms with Gasteiger partial charge in [0.25, 0.3) is 0 Å². The number of rotatable bonds is 13. The molecule has 30 heavy (non-hydrogen) atoms. The molecule has 9 heteroatoms. The van der Waals surface area contributed by atoms with Crippen molar-refractivity contribution in [1.82, 2.24) is 10.2 Å². The van der Waals surface area contributed by atoms with Crippen LogP contribution < -0.4 is 5.32 Å². The van der Waals surface area contributed by atoms with Crippen molar-refractivity contribution in [1.29, 1.82) is 0 Å². The Bertz CT molecular complexity index is 757. The van der Waals surface area contributed by atoms with E-state index in [-0.39, 0.29) is 19.1 Å². The Kier molecular flexibility index (Phi) is 9.53. The molecule has 8 nitrogen and oxygen atoms in total. The molecule has 3 N–H and O–H groups in total. The smallest absolute Gasteiger partial charge is 0.326 e. The van der Waals surface area contributed by atoms with Gasteiger partial charge in [0.1, 0.15) is 11.7 Å². The minimum atomic E-state index is -3.84. The number of carbonyl (C=O) groups is 3. The first-order chi connectivity index (χ1) is 14.4. The van der Waals surface area contributed by atoms with Crippen molar-refractivity contribution in [2.45, 2.75) is 56.6 Å². The van der Waals surface area contributed by atoms with E-state index in [4.69, 9.17) is 0 Å². The molecule has 1 fully saturated rings. The number of carbonyl (C=O) groups excluding carboxylic acids is 2. The van der Waals surface area contributed by atoms with E-state index in [9.17, 15) is 28.9 Å². The Morgan fingerprint density at radius 1 is 1.23 bits per heavy atom. The van der Waals surface area contributed by atoms with Crippen molar-refractivity contribution in [3.05, 3.63) is 35.9 Å². The normalized spacial score (nSPS) is 19.1. The van der Waals surface area contributed by atoms with Gasteiger partial charge in [0.05, 0.1) is 0 Å². The maximum absolute atomic E-state index is 13.1. The monoisotopic (exact) mass is 438 g/mol. The fourth-order valence-electron chi connectivity index (χ4n) is 3.90. The van der Waals surface area contributed by atoms with Crippen molar-refractivity contribution in [2.24, 2.45) is 0 Å². The van der Waals surface area contributed by atoms with Gasteiger partial charge in [-0.15, -0.1) is 0 Å². The molecule has 0 aromatic heterocycles. The number of aliphatic carboxylic acids is 1. The van der Waals surface area contributed by atoms with Crippen LogP contribution in [0.25, 0.3) is 0 Å². The Morgan fingerprint density at radius 3 is 2.63 bits per heavy atom. The lowest BCUT2D eigenvalue weighted by Gasteiger charge is -2.29. The molecule has 166 valence electrons. The van der Waals surface area contributed by atoms with Crippen LogP contribution in [0.1, 0.15) is 44.1 Å². The van der Waals surface area contributed by atoms with Crippen molar-refractivity contribution >= 4 is 25.7 Å². The van der Waals surface area contributed by atoms with Crippen LogP contribution in [-0.2, 0) is 25.4 Å². The maximum Gasteiger partial charge on any atom is 0.326 e. The summed E-state index contributed by atoms with van der Waals surface area (Å²) in [4.78, 5) is 47.0. The van der Waals surface area contributed by atoms with Crippen LogP contribution in [0, 0.1) is 0 Å². The molecule has 1 heterocycles. The van der Waals surface area contributed by atoms with Crippen molar-refractivity contribution < 1.29 is 28.9 Å². The van der Waals surface area contributed by atoms with Crippen LogP contribution in [-0.4, -0.2) is 64.1 Å². The molecule has 0 radical (unpaired) electrons. The minimum Gasteiger partial charge on any atom is -0.480 e. The number of amides is 2. The topological polar surface area (TPSA) is 124 Å². The van der Waals surface area contributed by atoms with Crippen LogP contribution in [0.3, 0.4) is 0 Å². The lowest BCUT2D eigenvalue weighted by atomic mass is 10.1. The van der Waals surface area contributed by atoms with Gasteiger partial charge in [-0.3, -0.25) is 14.2 Å². The van der Waals surface area contributed by atoms with Crippen molar-refractivity contribution in [3.63, 3.8) is 0 Å². The SMILES string of the molecule is O=CNCCCC(C(=O)N1CCC[C@H]1C(=O)O)P(=O)(O)CCCCc1ccccc1. The molecule has 2 rings (SSSR count).